The molecule has 0 spiro atoms. The van der Waals surface area contributed by atoms with Gasteiger partial charge in [0.2, 0.25) is 0 Å². The molecular formula is C24H22N4OS. The minimum Gasteiger partial charge on any atom is -0.497 e. The highest BCUT2D eigenvalue weighted by atomic mass is 32.1. The highest BCUT2D eigenvalue weighted by Crippen LogP contribution is 2.42. The predicted molar refractivity (Wildman–Crippen MR) is 120 cm³/mol. The van der Waals surface area contributed by atoms with Crippen LogP contribution in [0.2, 0.25) is 0 Å². The van der Waals surface area contributed by atoms with Gasteiger partial charge in [-0.2, -0.15) is 0 Å². The van der Waals surface area contributed by atoms with E-state index in [0.717, 1.165) is 60.1 Å². The summed E-state index contributed by atoms with van der Waals surface area (Å²) in [6, 6.07) is 10.4. The van der Waals surface area contributed by atoms with E-state index in [9.17, 15) is 0 Å². The van der Waals surface area contributed by atoms with Crippen molar-refractivity contribution in [3.8, 4) is 17.1 Å². The Morgan fingerprint density at radius 2 is 2.03 bits per heavy atom. The second-order valence-corrected chi connectivity index (χ2v) is 9.04. The lowest BCUT2D eigenvalue weighted by molar-refractivity contribution is 0.413. The van der Waals surface area contributed by atoms with Crippen LogP contribution < -0.4 is 9.64 Å². The molecule has 3 aromatic heterocycles. The molecule has 0 N–H and O–H groups in total. The number of rotatable bonds is 3. The first-order chi connectivity index (χ1) is 14.8. The Hall–Kier alpha value is -2.99. The third kappa shape index (κ3) is 2.86. The van der Waals surface area contributed by atoms with E-state index in [1.807, 2.05) is 29.7 Å². The molecule has 150 valence electrons. The van der Waals surface area contributed by atoms with Gasteiger partial charge in [0.25, 0.3) is 0 Å². The average molecular weight is 415 g/mol. The predicted octanol–water partition coefficient (Wildman–Crippen LogP) is 4.81. The monoisotopic (exact) mass is 414 g/mol. The van der Waals surface area contributed by atoms with Crippen molar-refractivity contribution >= 4 is 27.4 Å². The van der Waals surface area contributed by atoms with E-state index in [4.69, 9.17) is 14.7 Å². The molecule has 0 unspecified atom stereocenters. The zero-order valence-corrected chi connectivity index (χ0v) is 17.7. The second-order valence-electron chi connectivity index (χ2n) is 7.96. The van der Waals surface area contributed by atoms with Crippen molar-refractivity contribution in [1.82, 2.24) is 15.0 Å². The van der Waals surface area contributed by atoms with Crippen molar-refractivity contribution in [3.05, 3.63) is 64.3 Å². The van der Waals surface area contributed by atoms with E-state index < -0.39 is 0 Å². The maximum atomic E-state index is 5.47. The van der Waals surface area contributed by atoms with Gasteiger partial charge in [0.1, 0.15) is 16.4 Å². The molecule has 4 heterocycles. The van der Waals surface area contributed by atoms with Crippen LogP contribution in [0, 0.1) is 0 Å². The van der Waals surface area contributed by atoms with Gasteiger partial charge < -0.3 is 9.64 Å². The molecule has 6 heteroatoms. The number of aryl methyl sites for hydroxylation is 2. The number of hydrogen-bond donors (Lipinski definition) is 0. The number of aromatic nitrogens is 3. The molecule has 6 rings (SSSR count). The molecule has 1 aliphatic carbocycles. The van der Waals surface area contributed by atoms with Gasteiger partial charge in [-0.1, -0.05) is 6.07 Å². The third-order valence-electron chi connectivity index (χ3n) is 6.19. The van der Waals surface area contributed by atoms with Gasteiger partial charge in [0.15, 0.2) is 5.82 Å². The number of benzene rings is 1. The summed E-state index contributed by atoms with van der Waals surface area (Å²) in [5.74, 6) is 2.75. The standard InChI is InChI=1S/C24H22N4OS/c1-29-18-8-7-15-9-11-28(14-17(15)12-18)23-21-19-5-2-6-20(19)30-24(21)27-22(26-23)16-4-3-10-25-13-16/h3-4,7-8,10,12-13H,2,5-6,9,11,14H2,1H3. The van der Waals surface area contributed by atoms with Gasteiger partial charge in [-0.25, -0.2) is 9.97 Å². The van der Waals surface area contributed by atoms with Crippen LogP contribution in [-0.4, -0.2) is 28.6 Å². The number of thiophene rings is 1. The van der Waals surface area contributed by atoms with Gasteiger partial charge in [-0.05, 0) is 66.6 Å². The summed E-state index contributed by atoms with van der Waals surface area (Å²) in [4.78, 5) is 19.4. The van der Waals surface area contributed by atoms with Gasteiger partial charge >= 0.3 is 0 Å². The Balaban J connectivity index is 1.51. The fourth-order valence-electron chi connectivity index (χ4n) is 4.67. The van der Waals surface area contributed by atoms with Crippen LogP contribution in [0.25, 0.3) is 21.6 Å². The number of ether oxygens (including phenoxy) is 1. The average Bonchev–Trinajstić information content (AvgIpc) is 3.39. The highest BCUT2D eigenvalue weighted by molar-refractivity contribution is 7.19. The molecule has 0 saturated heterocycles. The minimum atomic E-state index is 0.766. The van der Waals surface area contributed by atoms with Crippen LogP contribution in [0.15, 0.2) is 42.7 Å². The maximum Gasteiger partial charge on any atom is 0.164 e. The first-order valence-corrected chi connectivity index (χ1v) is 11.3. The molecule has 30 heavy (non-hydrogen) atoms. The smallest absolute Gasteiger partial charge is 0.164 e. The number of pyridine rings is 1. The van der Waals surface area contributed by atoms with Gasteiger partial charge in [0, 0.05) is 35.9 Å². The van der Waals surface area contributed by atoms with E-state index >= 15 is 0 Å². The van der Waals surface area contributed by atoms with Crippen molar-refractivity contribution < 1.29 is 4.74 Å². The van der Waals surface area contributed by atoms with Crippen molar-refractivity contribution in [1.29, 1.82) is 0 Å². The molecule has 0 amide bonds. The van der Waals surface area contributed by atoms with Crippen LogP contribution in [0.5, 0.6) is 5.75 Å². The lowest BCUT2D eigenvalue weighted by Gasteiger charge is -2.31. The SMILES string of the molecule is COc1ccc2c(c1)CN(c1nc(-c3cccnc3)nc3sc4c(c13)CCC4)CC2. The molecule has 0 radical (unpaired) electrons. The Morgan fingerprint density at radius 1 is 1.07 bits per heavy atom. The third-order valence-corrected chi connectivity index (χ3v) is 7.38. The van der Waals surface area contributed by atoms with E-state index in [1.54, 1.807) is 13.3 Å². The van der Waals surface area contributed by atoms with E-state index in [0.29, 0.717) is 0 Å². The summed E-state index contributed by atoms with van der Waals surface area (Å²) in [5, 5.41) is 1.27. The van der Waals surface area contributed by atoms with Gasteiger partial charge in [0.05, 0.1) is 12.5 Å². The van der Waals surface area contributed by atoms with Crippen molar-refractivity contribution in [3.63, 3.8) is 0 Å². The molecule has 0 bridgehead atoms. The second kappa shape index (κ2) is 7.06. The molecule has 1 aromatic carbocycles. The van der Waals surface area contributed by atoms with Crippen LogP contribution >= 0.6 is 11.3 Å². The van der Waals surface area contributed by atoms with Crippen LogP contribution in [0.4, 0.5) is 5.82 Å². The lowest BCUT2D eigenvalue weighted by Crippen LogP contribution is -2.31. The Morgan fingerprint density at radius 3 is 2.90 bits per heavy atom. The molecule has 4 aromatic rings. The summed E-state index contributed by atoms with van der Waals surface area (Å²) in [6.45, 7) is 1.80. The van der Waals surface area contributed by atoms with Crippen LogP contribution in [0.1, 0.15) is 28.0 Å². The lowest BCUT2D eigenvalue weighted by atomic mass is 9.99. The summed E-state index contributed by atoms with van der Waals surface area (Å²) in [5.41, 5.74) is 5.16. The first kappa shape index (κ1) is 17.8. The van der Waals surface area contributed by atoms with Crippen LogP contribution in [-0.2, 0) is 25.8 Å². The molecule has 0 saturated carbocycles. The zero-order valence-electron chi connectivity index (χ0n) is 16.9. The number of methoxy groups -OCH3 is 1. The largest absolute Gasteiger partial charge is 0.497 e. The zero-order chi connectivity index (χ0) is 20.1. The normalized spacial score (nSPS) is 15.3. The quantitative estimate of drug-likeness (QED) is 0.481. The van der Waals surface area contributed by atoms with E-state index in [2.05, 4.69) is 28.1 Å². The summed E-state index contributed by atoms with van der Waals surface area (Å²) in [6.07, 6.45) is 8.19. The van der Waals surface area contributed by atoms with Crippen LogP contribution in [0.3, 0.4) is 0 Å². The maximum absolute atomic E-state index is 5.47. The number of hydrogen-bond acceptors (Lipinski definition) is 6. The molecule has 0 atom stereocenters. The topological polar surface area (TPSA) is 51.1 Å². The fourth-order valence-corrected chi connectivity index (χ4v) is 5.93. The van der Waals surface area contributed by atoms with Crippen molar-refractivity contribution in [2.75, 3.05) is 18.6 Å². The molecule has 1 aliphatic heterocycles. The first-order valence-electron chi connectivity index (χ1n) is 10.4. The molecular weight excluding hydrogens is 392 g/mol. The van der Waals surface area contributed by atoms with Gasteiger partial charge in [-0.3, -0.25) is 4.98 Å². The highest BCUT2D eigenvalue weighted by Gasteiger charge is 2.27. The minimum absolute atomic E-state index is 0.766. The molecule has 0 fully saturated rings. The molecule has 2 aliphatic rings. The number of anilines is 1. The van der Waals surface area contributed by atoms with Gasteiger partial charge in [-0.15, -0.1) is 11.3 Å². The Labute approximate surface area is 179 Å². The van der Waals surface area contributed by atoms with E-state index in [1.165, 1.54) is 33.4 Å². The number of fused-ring (bicyclic) bond motifs is 4. The van der Waals surface area contributed by atoms with Crippen molar-refractivity contribution in [2.24, 2.45) is 0 Å². The summed E-state index contributed by atoms with van der Waals surface area (Å²) in [7, 11) is 1.73. The summed E-state index contributed by atoms with van der Waals surface area (Å²) < 4.78 is 5.47. The molecule has 5 nitrogen and oxygen atoms in total. The van der Waals surface area contributed by atoms with E-state index in [-0.39, 0.29) is 0 Å². The summed E-state index contributed by atoms with van der Waals surface area (Å²) >= 11 is 1.85. The fraction of sp³-hybridized carbons (Fsp3) is 0.292. The Kier molecular flexibility index (Phi) is 4.20. The van der Waals surface area contributed by atoms with Crippen molar-refractivity contribution in [2.45, 2.75) is 32.2 Å². The number of nitrogens with zero attached hydrogens (tertiary/aromatic N) is 4. The Bertz CT molecular complexity index is 1250.